The van der Waals surface area contributed by atoms with Gasteiger partial charge in [0.15, 0.2) is 0 Å². The van der Waals surface area contributed by atoms with E-state index in [-0.39, 0.29) is 0 Å². The van der Waals surface area contributed by atoms with Crippen molar-refractivity contribution < 1.29 is 0 Å². The van der Waals surface area contributed by atoms with Crippen LogP contribution in [0.15, 0.2) is 6.20 Å². The van der Waals surface area contributed by atoms with Crippen LogP contribution < -0.4 is 5.32 Å². The zero-order valence-electron chi connectivity index (χ0n) is 9.67. The van der Waals surface area contributed by atoms with Crippen molar-refractivity contribution in [2.75, 3.05) is 11.9 Å². The topological polar surface area (TPSA) is 29.9 Å². The van der Waals surface area contributed by atoms with Crippen LogP contribution in [0.3, 0.4) is 0 Å². The smallest absolute Gasteiger partial charge is 0.0853 e. The van der Waals surface area contributed by atoms with Gasteiger partial charge in [-0.2, -0.15) is 5.10 Å². The molecule has 0 bridgehead atoms. The molecule has 0 spiro atoms. The maximum Gasteiger partial charge on any atom is 0.0853 e. The Bertz CT molecular complexity index is 278. The minimum absolute atomic E-state index is 0.722. The number of hydrogen-bond acceptors (Lipinski definition) is 2. The molecule has 0 fully saturated rings. The highest BCUT2D eigenvalue weighted by Gasteiger charge is 2.06. The van der Waals surface area contributed by atoms with Crippen LogP contribution in [-0.2, 0) is 13.5 Å². The summed E-state index contributed by atoms with van der Waals surface area (Å²) in [6, 6.07) is 0. The van der Waals surface area contributed by atoms with Gasteiger partial charge >= 0.3 is 0 Å². The molecule has 14 heavy (non-hydrogen) atoms. The number of rotatable bonds is 5. The Kier molecular flexibility index (Phi) is 3.98. The van der Waals surface area contributed by atoms with Crippen molar-refractivity contribution in [3.05, 3.63) is 11.9 Å². The van der Waals surface area contributed by atoms with Gasteiger partial charge in [-0.3, -0.25) is 4.68 Å². The van der Waals surface area contributed by atoms with Crippen molar-refractivity contribution in [1.82, 2.24) is 9.78 Å². The van der Waals surface area contributed by atoms with E-state index in [1.54, 1.807) is 0 Å². The summed E-state index contributed by atoms with van der Waals surface area (Å²) in [5, 5.41) is 7.84. The molecule has 3 heteroatoms. The Morgan fingerprint density at radius 3 is 2.79 bits per heavy atom. The average molecular weight is 195 g/mol. The fourth-order valence-corrected chi connectivity index (χ4v) is 1.37. The number of hydrogen-bond donors (Lipinski definition) is 1. The van der Waals surface area contributed by atoms with E-state index in [9.17, 15) is 0 Å². The quantitative estimate of drug-likeness (QED) is 0.782. The first kappa shape index (κ1) is 11.1. The summed E-state index contributed by atoms with van der Waals surface area (Å²) in [4.78, 5) is 0. The molecular weight excluding hydrogens is 174 g/mol. The van der Waals surface area contributed by atoms with Crippen molar-refractivity contribution in [2.24, 2.45) is 13.0 Å². The molecule has 3 nitrogen and oxygen atoms in total. The summed E-state index contributed by atoms with van der Waals surface area (Å²) >= 11 is 0. The summed E-state index contributed by atoms with van der Waals surface area (Å²) in [7, 11) is 1.97. The van der Waals surface area contributed by atoms with E-state index in [0.717, 1.165) is 24.6 Å². The number of nitrogens with one attached hydrogen (secondary N) is 1. The molecule has 1 atom stereocenters. The summed E-state index contributed by atoms with van der Waals surface area (Å²) in [6.45, 7) is 7.65. The van der Waals surface area contributed by atoms with E-state index < -0.39 is 0 Å². The second kappa shape index (κ2) is 5.03. The first-order valence-corrected chi connectivity index (χ1v) is 5.43. The summed E-state index contributed by atoms with van der Waals surface area (Å²) < 4.78 is 1.87. The Balaban J connectivity index is 2.57. The van der Waals surface area contributed by atoms with Gasteiger partial charge in [0.2, 0.25) is 0 Å². The van der Waals surface area contributed by atoms with Gasteiger partial charge in [-0.25, -0.2) is 0 Å². The van der Waals surface area contributed by atoms with Crippen molar-refractivity contribution >= 4 is 5.69 Å². The van der Waals surface area contributed by atoms with E-state index in [0.29, 0.717) is 0 Å². The molecule has 1 rings (SSSR count). The largest absolute Gasteiger partial charge is 0.382 e. The van der Waals surface area contributed by atoms with Gasteiger partial charge in [0.05, 0.1) is 11.4 Å². The summed E-state index contributed by atoms with van der Waals surface area (Å²) in [6.07, 6.45) is 4.26. The lowest BCUT2D eigenvalue weighted by Crippen LogP contribution is -2.10. The van der Waals surface area contributed by atoms with Gasteiger partial charge in [0.1, 0.15) is 0 Å². The molecule has 80 valence electrons. The molecule has 1 N–H and O–H groups in total. The van der Waals surface area contributed by atoms with E-state index in [2.05, 4.69) is 37.4 Å². The lowest BCUT2D eigenvalue weighted by atomic mass is 10.1. The highest BCUT2D eigenvalue weighted by molar-refractivity contribution is 5.46. The Labute approximate surface area is 86.5 Å². The van der Waals surface area contributed by atoms with E-state index >= 15 is 0 Å². The van der Waals surface area contributed by atoms with Crippen LogP contribution in [0, 0.1) is 5.92 Å². The number of aromatic nitrogens is 2. The Morgan fingerprint density at radius 1 is 1.50 bits per heavy atom. The third-order valence-electron chi connectivity index (χ3n) is 2.58. The average Bonchev–Trinajstić information content (AvgIpc) is 2.55. The Morgan fingerprint density at radius 2 is 2.21 bits per heavy atom. The zero-order valence-corrected chi connectivity index (χ0v) is 9.67. The van der Waals surface area contributed by atoms with Crippen molar-refractivity contribution in [3.8, 4) is 0 Å². The molecule has 0 saturated carbocycles. The fraction of sp³-hybridized carbons (Fsp3) is 0.727. The molecule has 0 aliphatic carbocycles. The monoisotopic (exact) mass is 195 g/mol. The van der Waals surface area contributed by atoms with Gasteiger partial charge in [0, 0.05) is 19.8 Å². The third kappa shape index (κ3) is 2.76. The number of anilines is 1. The highest BCUT2D eigenvalue weighted by Crippen LogP contribution is 2.14. The lowest BCUT2D eigenvalue weighted by molar-refractivity contribution is 0.593. The lowest BCUT2D eigenvalue weighted by Gasteiger charge is -2.10. The third-order valence-corrected chi connectivity index (χ3v) is 2.58. The van der Waals surface area contributed by atoms with Crippen LogP contribution in [0.4, 0.5) is 5.69 Å². The minimum atomic E-state index is 0.722. The van der Waals surface area contributed by atoms with Gasteiger partial charge in [-0.05, 0) is 12.3 Å². The fourth-order valence-electron chi connectivity index (χ4n) is 1.37. The van der Waals surface area contributed by atoms with Gasteiger partial charge in [-0.15, -0.1) is 0 Å². The molecule has 0 aliphatic heterocycles. The van der Waals surface area contributed by atoms with Crippen LogP contribution in [-0.4, -0.2) is 16.3 Å². The Hall–Kier alpha value is -0.990. The predicted octanol–water partition coefficient (Wildman–Crippen LogP) is 2.44. The molecule has 0 amide bonds. The molecule has 1 heterocycles. The van der Waals surface area contributed by atoms with Crippen LogP contribution in [0.5, 0.6) is 0 Å². The van der Waals surface area contributed by atoms with E-state index in [4.69, 9.17) is 0 Å². The van der Waals surface area contributed by atoms with Crippen molar-refractivity contribution in [1.29, 1.82) is 0 Å². The molecule has 0 radical (unpaired) electrons. The van der Waals surface area contributed by atoms with E-state index in [1.807, 2.05) is 11.7 Å². The maximum absolute atomic E-state index is 4.39. The first-order valence-electron chi connectivity index (χ1n) is 5.43. The first-order chi connectivity index (χ1) is 6.67. The molecule has 1 unspecified atom stereocenters. The number of nitrogens with zero attached hydrogens (tertiary/aromatic N) is 2. The maximum atomic E-state index is 4.39. The van der Waals surface area contributed by atoms with Crippen molar-refractivity contribution in [2.45, 2.75) is 33.6 Å². The van der Waals surface area contributed by atoms with Crippen LogP contribution >= 0.6 is 0 Å². The molecular formula is C11H21N3. The highest BCUT2D eigenvalue weighted by atomic mass is 15.3. The standard InChI is InChI=1S/C11H21N3/c1-5-9(3)7-12-11-8-14(4)13-10(11)6-2/h8-9,12H,5-7H2,1-4H3. The van der Waals surface area contributed by atoms with Crippen LogP contribution in [0.1, 0.15) is 32.9 Å². The summed E-state index contributed by atoms with van der Waals surface area (Å²) in [5.41, 5.74) is 2.35. The number of aryl methyl sites for hydroxylation is 2. The van der Waals surface area contributed by atoms with E-state index in [1.165, 1.54) is 12.1 Å². The SMILES string of the molecule is CCc1nn(C)cc1NCC(C)CC. The van der Waals surface area contributed by atoms with Gasteiger partial charge in [-0.1, -0.05) is 27.2 Å². The molecule has 0 aliphatic rings. The van der Waals surface area contributed by atoms with Gasteiger partial charge in [0.25, 0.3) is 0 Å². The van der Waals surface area contributed by atoms with Crippen molar-refractivity contribution in [3.63, 3.8) is 0 Å². The molecule has 1 aromatic rings. The molecule has 1 aromatic heterocycles. The zero-order chi connectivity index (χ0) is 10.6. The summed E-state index contributed by atoms with van der Waals surface area (Å²) in [5.74, 6) is 0.722. The second-order valence-electron chi connectivity index (χ2n) is 3.91. The molecule has 0 aromatic carbocycles. The minimum Gasteiger partial charge on any atom is -0.382 e. The molecule has 0 saturated heterocycles. The second-order valence-corrected chi connectivity index (χ2v) is 3.91. The van der Waals surface area contributed by atoms with Crippen LogP contribution in [0.2, 0.25) is 0 Å². The van der Waals surface area contributed by atoms with Crippen LogP contribution in [0.25, 0.3) is 0 Å². The normalized spacial score (nSPS) is 12.9. The van der Waals surface area contributed by atoms with Gasteiger partial charge < -0.3 is 5.32 Å². The predicted molar refractivity (Wildman–Crippen MR) is 60.5 cm³/mol.